The molecule has 0 radical (unpaired) electrons. The Morgan fingerprint density at radius 2 is 1.10 bits per heavy atom. The molecule has 0 nitrogen and oxygen atoms in total. The third-order valence-electron chi connectivity index (χ3n) is 5.20. The van der Waals surface area contributed by atoms with Crippen LogP contribution in [0.3, 0.4) is 0 Å². The van der Waals surface area contributed by atoms with Crippen molar-refractivity contribution in [3.05, 3.63) is 46.6 Å². The Bertz CT molecular complexity index is 467. The van der Waals surface area contributed by atoms with Crippen molar-refractivity contribution in [2.24, 2.45) is 0 Å². The van der Waals surface area contributed by atoms with Gasteiger partial charge in [-0.3, -0.25) is 0 Å². The average Bonchev–Trinajstić information content (AvgIpc) is 3.05. The average molecular weight is 489 g/mol. The minimum absolute atomic E-state index is 0. The molecule has 4 aliphatic rings. The van der Waals surface area contributed by atoms with Crippen LogP contribution >= 0.6 is 0 Å². The summed E-state index contributed by atoms with van der Waals surface area (Å²) in [5.74, 6) is 0. The van der Waals surface area contributed by atoms with Crippen LogP contribution in [-0.2, 0) is 23.2 Å². The van der Waals surface area contributed by atoms with E-state index < -0.39 is 0 Å². The first-order valence-electron chi connectivity index (χ1n) is 7.98. The van der Waals surface area contributed by atoms with E-state index in [-0.39, 0.29) is 57.2 Å². The molecule has 4 rings (SSSR count). The summed E-state index contributed by atoms with van der Waals surface area (Å²) < 4.78 is 1.87. The van der Waals surface area contributed by atoms with Crippen molar-refractivity contribution >= 4 is 0 Å². The summed E-state index contributed by atoms with van der Waals surface area (Å²) in [4.78, 5) is 0. The molecule has 0 saturated heterocycles. The standard InChI is InChI=1S/2C9H11.2BrH.Zr/c2*1-2-5-9-7-3-6-8(9)4-1;;;/h2*3,6-7H,1-2,4-5H2;2*1H;/q;;;;+2/p-2. The number of halogens is 2. The van der Waals surface area contributed by atoms with Crippen LogP contribution in [0.15, 0.2) is 46.6 Å². The van der Waals surface area contributed by atoms with Gasteiger partial charge in [-0.25, -0.2) is 0 Å². The van der Waals surface area contributed by atoms with Crippen LogP contribution in [0.4, 0.5) is 0 Å². The first kappa shape index (κ1) is 18.1. The molecular weight excluding hydrogens is 467 g/mol. The maximum absolute atomic E-state index is 2.58. The Kier molecular flexibility index (Phi) is 6.97. The molecule has 0 amide bonds. The Balaban J connectivity index is 0.000000807. The molecule has 0 spiro atoms. The minimum atomic E-state index is -0.372. The van der Waals surface area contributed by atoms with E-state index in [1.807, 2.05) is 11.1 Å². The zero-order valence-electron chi connectivity index (χ0n) is 12.4. The van der Waals surface area contributed by atoms with Gasteiger partial charge in [0.25, 0.3) is 0 Å². The number of hydrogen-bond acceptors (Lipinski definition) is 0. The van der Waals surface area contributed by atoms with Crippen molar-refractivity contribution in [2.75, 3.05) is 0 Å². The number of allylic oxidation sites excluding steroid dienone is 8. The maximum Gasteiger partial charge on any atom is -1.00 e. The molecule has 2 unspecified atom stereocenters. The van der Waals surface area contributed by atoms with Crippen LogP contribution < -0.4 is 34.0 Å². The van der Waals surface area contributed by atoms with E-state index in [0.29, 0.717) is 0 Å². The molecule has 21 heavy (non-hydrogen) atoms. The number of rotatable bonds is 2. The van der Waals surface area contributed by atoms with Crippen LogP contribution in [0.5, 0.6) is 0 Å². The van der Waals surface area contributed by atoms with E-state index in [0.717, 1.165) is 7.25 Å². The van der Waals surface area contributed by atoms with Gasteiger partial charge >= 0.3 is 128 Å². The van der Waals surface area contributed by atoms with Crippen molar-refractivity contribution in [2.45, 2.75) is 58.6 Å². The molecule has 3 heteroatoms. The van der Waals surface area contributed by atoms with Gasteiger partial charge in [0.05, 0.1) is 0 Å². The van der Waals surface area contributed by atoms with Gasteiger partial charge in [-0.05, 0) is 0 Å². The SMILES string of the molecule is C1=C[CH]([Zr+2][CH]2C=CC3=C2CCCC3)C2=C1CCCC2.[Br-].[Br-]. The molecule has 112 valence electrons. The predicted octanol–water partition coefficient (Wildman–Crippen LogP) is -0.465. The van der Waals surface area contributed by atoms with Crippen LogP contribution in [0.25, 0.3) is 0 Å². The second-order valence-corrected chi connectivity index (χ2v) is 10.2. The topological polar surface area (TPSA) is 0 Å². The summed E-state index contributed by atoms with van der Waals surface area (Å²) in [6.45, 7) is 0. The largest absolute Gasteiger partial charge is 1.00 e. The summed E-state index contributed by atoms with van der Waals surface area (Å²) >= 11 is -0.372. The monoisotopic (exact) mass is 486 g/mol. The van der Waals surface area contributed by atoms with Gasteiger partial charge in [0.15, 0.2) is 0 Å². The second-order valence-electron chi connectivity index (χ2n) is 6.36. The zero-order valence-corrected chi connectivity index (χ0v) is 18.0. The Hall–Kier alpha value is 0.803. The Labute approximate surface area is 161 Å². The predicted molar refractivity (Wildman–Crippen MR) is 76.8 cm³/mol. The summed E-state index contributed by atoms with van der Waals surface area (Å²) in [6, 6.07) is 0. The van der Waals surface area contributed by atoms with E-state index in [9.17, 15) is 0 Å². The molecule has 2 atom stereocenters. The molecule has 0 aromatic heterocycles. The van der Waals surface area contributed by atoms with Crippen molar-refractivity contribution < 1.29 is 57.2 Å². The minimum Gasteiger partial charge on any atom is -1.00 e. The van der Waals surface area contributed by atoms with Crippen molar-refractivity contribution in [3.63, 3.8) is 0 Å². The van der Waals surface area contributed by atoms with Gasteiger partial charge < -0.3 is 34.0 Å². The van der Waals surface area contributed by atoms with E-state index in [2.05, 4.69) is 24.3 Å². The molecule has 0 aliphatic heterocycles. The second kappa shape index (κ2) is 8.07. The van der Waals surface area contributed by atoms with Gasteiger partial charge in [-0.15, -0.1) is 0 Å². The third-order valence-corrected chi connectivity index (χ3v) is 9.62. The summed E-state index contributed by atoms with van der Waals surface area (Å²) in [5.41, 5.74) is 7.21. The smallest absolute Gasteiger partial charge is 1.00 e. The Morgan fingerprint density at radius 3 is 1.57 bits per heavy atom. The van der Waals surface area contributed by atoms with Crippen LogP contribution in [-0.4, -0.2) is 0 Å². The molecular formula is C18H22Br2Zr. The van der Waals surface area contributed by atoms with Gasteiger partial charge in [0, 0.05) is 0 Å². The zero-order chi connectivity index (χ0) is 12.7. The fourth-order valence-corrected chi connectivity index (χ4v) is 8.74. The maximum atomic E-state index is 2.58. The van der Waals surface area contributed by atoms with Crippen molar-refractivity contribution in [1.29, 1.82) is 0 Å². The van der Waals surface area contributed by atoms with E-state index >= 15 is 0 Å². The summed E-state index contributed by atoms with van der Waals surface area (Å²) in [7, 11) is 0. The molecule has 0 aromatic carbocycles. The van der Waals surface area contributed by atoms with E-state index in [1.54, 1.807) is 11.1 Å². The first-order chi connectivity index (χ1) is 9.42. The number of hydrogen-bond donors (Lipinski definition) is 0. The van der Waals surface area contributed by atoms with Crippen molar-refractivity contribution in [1.82, 2.24) is 0 Å². The van der Waals surface area contributed by atoms with E-state index in [1.165, 1.54) is 51.4 Å². The Morgan fingerprint density at radius 1 is 0.667 bits per heavy atom. The van der Waals surface area contributed by atoms with Gasteiger partial charge in [-0.2, -0.15) is 0 Å². The van der Waals surface area contributed by atoms with Crippen LogP contribution in [0, 0.1) is 0 Å². The van der Waals surface area contributed by atoms with Crippen molar-refractivity contribution in [3.8, 4) is 0 Å². The molecule has 0 saturated carbocycles. The van der Waals surface area contributed by atoms with Crippen LogP contribution in [0.2, 0.25) is 7.25 Å². The normalized spacial score (nSPS) is 29.5. The fourth-order valence-electron chi connectivity index (χ4n) is 4.16. The molecule has 0 fully saturated rings. The van der Waals surface area contributed by atoms with Gasteiger partial charge in [0.1, 0.15) is 0 Å². The summed E-state index contributed by atoms with van der Waals surface area (Å²) in [5, 5.41) is 0. The molecule has 0 bridgehead atoms. The quantitative estimate of drug-likeness (QED) is 0.493. The third kappa shape index (κ3) is 3.66. The van der Waals surface area contributed by atoms with E-state index in [4.69, 9.17) is 0 Å². The van der Waals surface area contributed by atoms with Gasteiger partial charge in [0.2, 0.25) is 0 Å². The molecule has 0 N–H and O–H groups in total. The first-order valence-corrected chi connectivity index (χ1v) is 10.8. The fraction of sp³-hybridized carbons (Fsp3) is 0.556. The van der Waals surface area contributed by atoms with Gasteiger partial charge in [-0.1, -0.05) is 0 Å². The van der Waals surface area contributed by atoms with Crippen LogP contribution in [0.1, 0.15) is 51.4 Å². The summed E-state index contributed by atoms with van der Waals surface area (Å²) in [6.07, 6.45) is 21.5. The molecule has 4 aliphatic carbocycles. The molecule has 0 aromatic rings. The molecule has 0 heterocycles.